The molecule has 0 atom stereocenters. The van der Waals surface area contributed by atoms with E-state index < -0.39 is 0 Å². The van der Waals surface area contributed by atoms with Gasteiger partial charge in [-0.25, -0.2) is 15.0 Å². The molecule has 9 heteroatoms. The van der Waals surface area contributed by atoms with Crippen molar-refractivity contribution in [2.24, 2.45) is 7.05 Å². The van der Waals surface area contributed by atoms with Gasteiger partial charge in [-0.1, -0.05) is 41.9 Å². The zero-order valence-corrected chi connectivity index (χ0v) is 19.2. The molecule has 0 bridgehead atoms. The summed E-state index contributed by atoms with van der Waals surface area (Å²) >= 11 is 7.72. The molecule has 3 N–H and O–H groups in total. The molecule has 3 aromatic heterocycles. The van der Waals surface area contributed by atoms with Crippen LogP contribution < -0.4 is 11.1 Å². The molecule has 1 amide bonds. The number of fused-ring (bicyclic) bond motifs is 1. The van der Waals surface area contributed by atoms with E-state index in [1.807, 2.05) is 60.1 Å². The molecular weight excluding hydrogens is 456 g/mol. The van der Waals surface area contributed by atoms with Crippen molar-refractivity contribution in [1.29, 1.82) is 0 Å². The maximum atomic E-state index is 12.6. The summed E-state index contributed by atoms with van der Waals surface area (Å²) in [5.74, 6) is 0.314. The summed E-state index contributed by atoms with van der Waals surface area (Å²) in [4.78, 5) is 27.4. The highest BCUT2D eigenvalue weighted by molar-refractivity contribution is 7.21. The lowest BCUT2D eigenvalue weighted by atomic mass is 10.1. The molecule has 7 nitrogen and oxygen atoms in total. The highest BCUT2D eigenvalue weighted by Crippen LogP contribution is 2.39. The Kier molecular flexibility index (Phi) is 5.53. The second kappa shape index (κ2) is 8.65. The fraction of sp³-hybridized carbons (Fsp3) is 0.0833. The third-order valence-electron chi connectivity index (χ3n) is 5.26. The van der Waals surface area contributed by atoms with Crippen LogP contribution in [0, 0.1) is 0 Å². The lowest BCUT2D eigenvalue weighted by Gasteiger charge is -2.09. The van der Waals surface area contributed by atoms with Crippen molar-refractivity contribution >= 4 is 50.6 Å². The molecular formula is C24H19ClN6OS. The first-order valence-corrected chi connectivity index (χ1v) is 11.3. The van der Waals surface area contributed by atoms with E-state index in [9.17, 15) is 4.79 Å². The standard InChI is InChI=1S/C24H19ClN6OS/c1-31-13-29-21(22(31)19-11-17-23(26)27-12-28-24(17)33-19)15-6-4-7-16(9-15)30-20(32)10-14-5-2-3-8-18(14)25/h2-9,11-13H,10H2,1H3,(H,30,32)(H2,26,27,28). The lowest BCUT2D eigenvalue weighted by molar-refractivity contribution is -0.115. The van der Waals surface area contributed by atoms with E-state index in [0.29, 0.717) is 16.5 Å². The van der Waals surface area contributed by atoms with Crippen LogP contribution in [0.4, 0.5) is 11.5 Å². The van der Waals surface area contributed by atoms with Crippen LogP contribution in [-0.2, 0) is 18.3 Å². The first kappa shape index (κ1) is 21.1. The summed E-state index contributed by atoms with van der Waals surface area (Å²) in [7, 11) is 1.94. The van der Waals surface area contributed by atoms with Gasteiger partial charge in [0.2, 0.25) is 5.91 Å². The average Bonchev–Trinajstić information content (AvgIpc) is 3.39. The van der Waals surface area contributed by atoms with Crippen molar-refractivity contribution in [2.45, 2.75) is 6.42 Å². The molecule has 0 fully saturated rings. The van der Waals surface area contributed by atoms with E-state index in [1.54, 1.807) is 12.4 Å². The van der Waals surface area contributed by atoms with Crippen LogP contribution in [0.5, 0.6) is 0 Å². The number of anilines is 2. The van der Waals surface area contributed by atoms with Crippen molar-refractivity contribution in [3.63, 3.8) is 0 Å². The smallest absolute Gasteiger partial charge is 0.228 e. The van der Waals surface area contributed by atoms with Crippen LogP contribution >= 0.6 is 22.9 Å². The number of thiophene rings is 1. The van der Waals surface area contributed by atoms with Gasteiger partial charge >= 0.3 is 0 Å². The van der Waals surface area contributed by atoms with Gasteiger partial charge < -0.3 is 15.6 Å². The number of nitrogens with two attached hydrogens (primary N) is 1. The maximum absolute atomic E-state index is 12.6. The molecule has 0 aliphatic rings. The second-order valence-electron chi connectivity index (χ2n) is 7.54. The van der Waals surface area contributed by atoms with E-state index in [1.165, 1.54) is 17.7 Å². The largest absolute Gasteiger partial charge is 0.383 e. The van der Waals surface area contributed by atoms with Gasteiger partial charge in [0.15, 0.2) is 0 Å². The minimum atomic E-state index is -0.139. The molecule has 0 saturated carbocycles. The number of hydrogen-bond donors (Lipinski definition) is 2. The summed E-state index contributed by atoms with van der Waals surface area (Å²) in [6, 6.07) is 17.0. The number of aromatic nitrogens is 4. The van der Waals surface area contributed by atoms with Crippen molar-refractivity contribution in [2.75, 3.05) is 11.1 Å². The van der Waals surface area contributed by atoms with Crippen LogP contribution in [0.25, 0.3) is 32.0 Å². The van der Waals surface area contributed by atoms with E-state index in [4.69, 9.17) is 17.3 Å². The summed E-state index contributed by atoms with van der Waals surface area (Å²) in [5.41, 5.74) is 10.1. The van der Waals surface area contributed by atoms with Gasteiger partial charge in [0.05, 0.1) is 34.4 Å². The molecule has 0 spiro atoms. The van der Waals surface area contributed by atoms with Gasteiger partial charge in [-0.3, -0.25) is 4.79 Å². The number of rotatable bonds is 5. The Bertz CT molecular complexity index is 1490. The third kappa shape index (κ3) is 4.18. The van der Waals surface area contributed by atoms with E-state index in [0.717, 1.165) is 37.6 Å². The summed E-state index contributed by atoms with van der Waals surface area (Å²) in [6.07, 6.45) is 3.44. The summed E-state index contributed by atoms with van der Waals surface area (Å²) < 4.78 is 1.96. The lowest BCUT2D eigenvalue weighted by Crippen LogP contribution is -2.14. The number of benzene rings is 2. The van der Waals surface area contributed by atoms with Crippen molar-refractivity contribution in [3.8, 4) is 21.8 Å². The summed E-state index contributed by atoms with van der Waals surface area (Å²) in [6.45, 7) is 0. The molecule has 0 saturated heterocycles. The zero-order chi connectivity index (χ0) is 22.9. The highest BCUT2D eigenvalue weighted by atomic mass is 35.5. The predicted octanol–water partition coefficient (Wildman–Crippen LogP) is 5.18. The minimum Gasteiger partial charge on any atom is -0.383 e. The molecule has 0 radical (unpaired) electrons. The molecule has 164 valence electrons. The monoisotopic (exact) mass is 474 g/mol. The molecule has 0 unspecified atom stereocenters. The Hall–Kier alpha value is -3.75. The van der Waals surface area contributed by atoms with E-state index in [2.05, 4.69) is 20.3 Å². The topological polar surface area (TPSA) is 98.7 Å². The van der Waals surface area contributed by atoms with Crippen molar-refractivity contribution in [1.82, 2.24) is 19.5 Å². The Morgan fingerprint density at radius 3 is 2.79 bits per heavy atom. The van der Waals surface area contributed by atoms with E-state index in [-0.39, 0.29) is 12.3 Å². The van der Waals surface area contributed by atoms with Crippen LogP contribution in [0.2, 0.25) is 5.02 Å². The van der Waals surface area contributed by atoms with Gasteiger partial charge in [-0.15, -0.1) is 11.3 Å². The zero-order valence-electron chi connectivity index (χ0n) is 17.6. The van der Waals surface area contributed by atoms with Crippen LogP contribution in [0.15, 0.2) is 67.3 Å². The number of carbonyl (C=O) groups is 1. The van der Waals surface area contributed by atoms with Crippen LogP contribution in [0.3, 0.4) is 0 Å². The Morgan fingerprint density at radius 2 is 1.97 bits per heavy atom. The quantitative estimate of drug-likeness (QED) is 0.366. The van der Waals surface area contributed by atoms with Crippen molar-refractivity contribution < 1.29 is 4.79 Å². The van der Waals surface area contributed by atoms with Gasteiger partial charge in [0.1, 0.15) is 17.0 Å². The maximum Gasteiger partial charge on any atom is 0.228 e. The number of amides is 1. The van der Waals surface area contributed by atoms with Gasteiger partial charge in [0.25, 0.3) is 0 Å². The van der Waals surface area contributed by atoms with Gasteiger partial charge in [-0.05, 0) is 29.8 Å². The molecule has 2 aromatic carbocycles. The molecule has 3 heterocycles. The number of nitrogens with one attached hydrogen (secondary N) is 1. The second-order valence-corrected chi connectivity index (χ2v) is 8.98. The minimum absolute atomic E-state index is 0.139. The fourth-order valence-corrected chi connectivity index (χ4v) is 4.99. The fourth-order valence-electron chi connectivity index (χ4n) is 3.69. The predicted molar refractivity (Wildman–Crippen MR) is 133 cm³/mol. The van der Waals surface area contributed by atoms with Crippen LogP contribution in [0.1, 0.15) is 5.56 Å². The highest BCUT2D eigenvalue weighted by Gasteiger charge is 2.18. The Balaban J connectivity index is 1.45. The number of imidazole rings is 1. The number of halogens is 1. The molecule has 33 heavy (non-hydrogen) atoms. The summed E-state index contributed by atoms with van der Waals surface area (Å²) in [5, 5.41) is 4.36. The number of carbonyl (C=O) groups excluding carboxylic acids is 1. The number of aryl methyl sites for hydroxylation is 1. The molecule has 5 aromatic rings. The molecule has 5 rings (SSSR count). The first-order valence-electron chi connectivity index (χ1n) is 10.1. The van der Waals surface area contributed by atoms with Crippen LogP contribution in [-0.4, -0.2) is 25.4 Å². The van der Waals surface area contributed by atoms with Crippen molar-refractivity contribution in [3.05, 3.63) is 77.8 Å². The number of nitrogens with zero attached hydrogens (tertiary/aromatic N) is 4. The van der Waals surface area contributed by atoms with Gasteiger partial charge in [-0.2, -0.15) is 0 Å². The normalized spacial score (nSPS) is 11.1. The Morgan fingerprint density at radius 1 is 1.12 bits per heavy atom. The SMILES string of the molecule is Cn1cnc(-c2cccc(NC(=O)Cc3ccccc3Cl)c2)c1-c1cc2c(N)ncnc2s1. The number of hydrogen-bond acceptors (Lipinski definition) is 6. The van der Waals surface area contributed by atoms with E-state index >= 15 is 0 Å². The number of nitrogen functional groups attached to an aromatic ring is 1. The molecule has 0 aliphatic heterocycles. The average molecular weight is 475 g/mol. The van der Waals surface area contributed by atoms with Gasteiger partial charge in [0, 0.05) is 23.3 Å². The Labute approximate surface area is 198 Å². The first-order chi connectivity index (χ1) is 16.0. The molecule has 0 aliphatic carbocycles. The third-order valence-corrected chi connectivity index (χ3v) is 6.68.